The second kappa shape index (κ2) is 5.93. The third kappa shape index (κ3) is 4.97. The zero-order valence-electron chi connectivity index (χ0n) is 14.2. The van der Waals surface area contributed by atoms with E-state index in [0.29, 0.717) is 0 Å². The van der Waals surface area contributed by atoms with Crippen LogP contribution in [0.1, 0.15) is 47.2 Å². The van der Waals surface area contributed by atoms with Crippen molar-refractivity contribution in [3.63, 3.8) is 0 Å². The van der Waals surface area contributed by atoms with E-state index in [1.165, 1.54) is 5.69 Å². The topological polar surface area (TPSA) is 37.4 Å². The lowest BCUT2D eigenvalue weighted by Crippen LogP contribution is -2.52. The Labute approximate surface area is 128 Å². The summed E-state index contributed by atoms with van der Waals surface area (Å²) in [6.07, 6.45) is 2.15. The summed E-state index contributed by atoms with van der Waals surface area (Å²) >= 11 is 0. The van der Waals surface area contributed by atoms with E-state index >= 15 is 0 Å². The minimum Gasteiger partial charge on any atom is -0.369 e. The molecule has 0 radical (unpaired) electrons. The molecule has 1 aliphatic rings. The zero-order valence-corrected chi connectivity index (χ0v) is 14.2. The molecule has 1 unspecified atom stereocenters. The molecule has 4 heteroatoms. The number of ether oxygens (including phenoxy) is 1. The van der Waals surface area contributed by atoms with Crippen molar-refractivity contribution >= 4 is 5.69 Å². The molecule has 1 aromatic heterocycles. The van der Waals surface area contributed by atoms with Gasteiger partial charge in [-0.3, -0.25) is 4.98 Å². The molecule has 1 aromatic rings. The summed E-state index contributed by atoms with van der Waals surface area (Å²) in [5, 5.41) is 3.49. The number of hydrogen-bond donors (Lipinski definition) is 1. The van der Waals surface area contributed by atoms with E-state index in [-0.39, 0.29) is 17.2 Å². The van der Waals surface area contributed by atoms with E-state index < -0.39 is 0 Å². The molecule has 0 saturated carbocycles. The maximum Gasteiger partial charge on any atom is 0.0805 e. The maximum atomic E-state index is 5.98. The Bertz CT molecular complexity index is 479. The third-order valence-corrected chi connectivity index (χ3v) is 3.53. The van der Waals surface area contributed by atoms with Gasteiger partial charge in [-0.2, -0.15) is 0 Å². The number of morpholine rings is 1. The van der Waals surface area contributed by atoms with Gasteiger partial charge in [-0.25, -0.2) is 0 Å². The molecule has 1 fully saturated rings. The summed E-state index contributed by atoms with van der Waals surface area (Å²) in [7, 11) is 0. The van der Waals surface area contributed by atoms with Gasteiger partial charge in [0.05, 0.1) is 17.4 Å². The molecule has 1 N–H and O–H groups in total. The lowest BCUT2D eigenvalue weighted by atomic mass is 10.0. The lowest BCUT2D eigenvalue weighted by Gasteiger charge is -2.43. The number of rotatable bonds is 3. The smallest absolute Gasteiger partial charge is 0.0805 e. The maximum absolute atomic E-state index is 5.98. The van der Waals surface area contributed by atoms with Gasteiger partial charge in [-0.05, 0) is 53.7 Å². The number of aromatic nitrogens is 1. The average molecular weight is 291 g/mol. The van der Waals surface area contributed by atoms with E-state index in [9.17, 15) is 0 Å². The molecular weight excluding hydrogens is 262 g/mol. The second-order valence-electron chi connectivity index (χ2n) is 7.68. The lowest BCUT2D eigenvalue weighted by molar-refractivity contribution is -0.0749. The first kappa shape index (κ1) is 16.2. The molecule has 2 rings (SSSR count). The summed E-state index contributed by atoms with van der Waals surface area (Å²) in [5.41, 5.74) is 2.32. The summed E-state index contributed by atoms with van der Waals surface area (Å²) in [6, 6.07) is 4.28. The molecule has 1 aliphatic heterocycles. The van der Waals surface area contributed by atoms with Crippen LogP contribution in [0.5, 0.6) is 0 Å². The average Bonchev–Trinajstić information content (AvgIpc) is 2.33. The minimum atomic E-state index is -0.106. The zero-order chi connectivity index (χ0) is 15.7. The fourth-order valence-electron chi connectivity index (χ4n) is 2.76. The van der Waals surface area contributed by atoms with E-state index in [0.717, 1.165) is 25.3 Å². The quantitative estimate of drug-likeness (QED) is 0.929. The Balaban J connectivity index is 2.10. The van der Waals surface area contributed by atoms with Crippen molar-refractivity contribution in [2.75, 3.05) is 18.0 Å². The van der Waals surface area contributed by atoms with Crippen LogP contribution in [0.2, 0.25) is 0 Å². The molecule has 4 nitrogen and oxygen atoms in total. The highest BCUT2D eigenvalue weighted by molar-refractivity contribution is 5.47. The number of hydrogen-bond acceptors (Lipinski definition) is 4. The standard InChI is InChI=1S/C17H29N3O/c1-13-11-20(12-17(5,6)21-13)15-7-8-18-14(9-15)10-19-16(2,3)4/h7-9,13,19H,10-12H2,1-6H3. The number of nitrogens with one attached hydrogen (secondary N) is 1. The van der Waals surface area contributed by atoms with Gasteiger partial charge in [0.2, 0.25) is 0 Å². The minimum absolute atomic E-state index is 0.104. The highest BCUT2D eigenvalue weighted by Gasteiger charge is 2.31. The molecule has 2 heterocycles. The number of pyridine rings is 1. The SMILES string of the molecule is CC1CN(c2ccnc(CNC(C)(C)C)c2)CC(C)(C)O1. The highest BCUT2D eigenvalue weighted by Crippen LogP contribution is 2.26. The monoisotopic (exact) mass is 291 g/mol. The Kier molecular flexibility index (Phi) is 4.59. The van der Waals surface area contributed by atoms with Crippen molar-refractivity contribution in [2.45, 2.75) is 65.3 Å². The molecule has 0 spiro atoms. The molecule has 1 atom stereocenters. The van der Waals surface area contributed by atoms with E-state index in [4.69, 9.17) is 4.74 Å². The molecule has 21 heavy (non-hydrogen) atoms. The van der Waals surface area contributed by atoms with E-state index in [2.05, 4.69) is 68.9 Å². The van der Waals surface area contributed by atoms with Crippen molar-refractivity contribution < 1.29 is 4.74 Å². The predicted molar refractivity (Wildman–Crippen MR) is 87.7 cm³/mol. The highest BCUT2D eigenvalue weighted by atomic mass is 16.5. The molecule has 118 valence electrons. The summed E-state index contributed by atoms with van der Waals surface area (Å²) in [6.45, 7) is 15.6. The van der Waals surface area contributed by atoms with Crippen LogP contribution in [0, 0.1) is 0 Å². The molecule has 0 bridgehead atoms. The molecule has 0 aromatic carbocycles. The predicted octanol–water partition coefficient (Wildman–Crippen LogP) is 2.97. The van der Waals surface area contributed by atoms with Crippen LogP contribution in [-0.4, -0.2) is 35.3 Å². The van der Waals surface area contributed by atoms with Gasteiger partial charge in [-0.15, -0.1) is 0 Å². The van der Waals surface area contributed by atoms with Crippen LogP contribution in [0.25, 0.3) is 0 Å². The van der Waals surface area contributed by atoms with Crippen LogP contribution < -0.4 is 10.2 Å². The number of anilines is 1. The second-order valence-corrected chi connectivity index (χ2v) is 7.68. The van der Waals surface area contributed by atoms with Gasteiger partial charge in [0, 0.05) is 37.1 Å². The van der Waals surface area contributed by atoms with Gasteiger partial charge in [0.1, 0.15) is 0 Å². The fourth-order valence-corrected chi connectivity index (χ4v) is 2.76. The Morgan fingerprint density at radius 3 is 2.76 bits per heavy atom. The van der Waals surface area contributed by atoms with E-state index in [1.54, 1.807) is 0 Å². The summed E-state index contributed by atoms with van der Waals surface area (Å²) < 4.78 is 5.98. The van der Waals surface area contributed by atoms with Gasteiger partial charge in [-0.1, -0.05) is 0 Å². The summed E-state index contributed by atoms with van der Waals surface area (Å²) in [4.78, 5) is 6.87. The van der Waals surface area contributed by atoms with Crippen LogP contribution >= 0.6 is 0 Å². The fraction of sp³-hybridized carbons (Fsp3) is 0.706. The van der Waals surface area contributed by atoms with E-state index in [1.807, 2.05) is 6.20 Å². The largest absolute Gasteiger partial charge is 0.369 e. The Morgan fingerprint density at radius 2 is 2.14 bits per heavy atom. The normalized spacial score (nSPS) is 22.4. The van der Waals surface area contributed by atoms with Crippen LogP contribution in [0.3, 0.4) is 0 Å². The number of nitrogens with zero attached hydrogens (tertiary/aromatic N) is 2. The van der Waals surface area contributed by atoms with Crippen molar-refractivity contribution in [3.8, 4) is 0 Å². The summed E-state index contributed by atoms with van der Waals surface area (Å²) in [5.74, 6) is 0. The van der Waals surface area contributed by atoms with Crippen molar-refractivity contribution in [1.82, 2.24) is 10.3 Å². The van der Waals surface area contributed by atoms with Crippen LogP contribution in [0.15, 0.2) is 18.3 Å². The Hall–Kier alpha value is -1.13. The molecule has 0 aliphatic carbocycles. The van der Waals surface area contributed by atoms with Crippen LogP contribution in [-0.2, 0) is 11.3 Å². The van der Waals surface area contributed by atoms with Gasteiger partial charge < -0.3 is 15.0 Å². The van der Waals surface area contributed by atoms with Gasteiger partial charge >= 0.3 is 0 Å². The van der Waals surface area contributed by atoms with Crippen molar-refractivity contribution in [2.24, 2.45) is 0 Å². The first-order valence-corrected chi connectivity index (χ1v) is 7.77. The molecule has 0 amide bonds. The first-order valence-electron chi connectivity index (χ1n) is 7.77. The van der Waals surface area contributed by atoms with Crippen molar-refractivity contribution in [1.29, 1.82) is 0 Å². The van der Waals surface area contributed by atoms with Crippen molar-refractivity contribution in [3.05, 3.63) is 24.0 Å². The van der Waals surface area contributed by atoms with Gasteiger partial charge in [0.25, 0.3) is 0 Å². The van der Waals surface area contributed by atoms with Crippen LogP contribution in [0.4, 0.5) is 5.69 Å². The molecule has 1 saturated heterocycles. The first-order chi connectivity index (χ1) is 9.65. The Morgan fingerprint density at radius 1 is 1.43 bits per heavy atom. The third-order valence-electron chi connectivity index (χ3n) is 3.53. The molecular formula is C17H29N3O. The van der Waals surface area contributed by atoms with Gasteiger partial charge in [0.15, 0.2) is 0 Å².